The van der Waals surface area contributed by atoms with Crippen LogP contribution in [0.4, 0.5) is 0 Å². The van der Waals surface area contributed by atoms with Crippen LogP contribution in [0, 0.1) is 17.8 Å². The fraction of sp³-hybridized carbons (Fsp3) is 0.625. The molecule has 0 aliphatic heterocycles. The number of hydrogen-bond donors (Lipinski definition) is 2. The van der Waals surface area contributed by atoms with Crippen molar-refractivity contribution in [3.8, 4) is 0 Å². The number of amides is 1. The highest BCUT2D eigenvalue weighted by molar-refractivity contribution is 5.78. The van der Waals surface area contributed by atoms with E-state index in [1.807, 2.05) is 12.1 Å². The molecule has 4 heteroatoms. The lowest BCUT2D eigenvalue weighted by atomic mass is 9.65. The molecule has 2 aliphatic rings. The van der Waals surface area contributed by atoms with Gasteiger partial charge in [-0.05, 0) is 55.2 Å². The number of nitrogens with one attached hydrogen (secondary N) is 1. The van der Waals surface area contributed by atoms with Gasteiger partial charge in [0.15, 0.2) is 0 Å². The van der Waals surface area contributed by atoms with Gasteiger partial charge in [0.25, 0.3) is 0 Å². The van der Waals surface area contributed by atoms with Gasteiger partial charge in [-0.25, -0.2) is 0 Å². The quantitative estimate of drug-likeness (QED) is 0.883. The molecule has 1 heterocycles. The minimum Gasteiger partial charge on any atom is -0.352 e. The number of nitrogens with zero attached hydrogens (tertiary/aromatic N) is 1. The number of fused-ring (bicyclic) bond motifs is 2. The van der Waals surface area contributed by atoms with Crippen LogP contribution in [0.5, 0.6) is 0 Å². The molecule has 2 bridgehead atoms. The van der Waals surface area contributed by atoms with Gasteiger partial charge in [0.05, 0.1) is 0 Å². The van der Waals surface area contributed by atoms with Crippen LogP contribution in [0.1, 0.15) is 37.7 Å². The van der Waals surface area contributed by atoms with Crippen molar-refractivity contribution < 1.29 is 4.79 Å². The lowest BCUT2D eigenvalue weighted by Gasteiger charge is -2.43. The van der Waals surface area contributed by atoms with Crippen molar-refractivity contribution in [1.29, 1.82) is 0 Å². The molecule has 1 aromatic heterocycles. The van der Waals surface area contributed by atoms with Crippen LogP contribution < -0.4 is 11.1 Å². The highest BCUT2D eigenvalue weighted by Crippen LogP contribution is 2.41. The second-order valence-corrected chi connectivity index (χ2v) is 6.27. The van der Waals surface area contributed by atoms with Gasteiger partial charge < -0.3 is 11.1 Å². The van der Waals surface area contributed by atoms with Crippen molar-refractivity contribution in [2.75, 3.05) is 0 Å². The smallest absolute Gasteiger partial charge is 0.223 e. The summed E-state index contributed by atoms with van der Waals surface area (Å²) in [4.78, 5) is 16.3. The molecule has 3 N–H and O–H groups in total. The number of rotatable bonds is 3. The molecule has 2 fully saturated rings. The summed E-state index contributed by atoms with van der Waals surface area (Å²) in [5, 5.41) is 3.07. The third-order valence-electron chi connectivity index (χ3n) is 5.00. The summed E-state index contributed by atoms with van der Waals surface area (Å²) in [5.74, 6) is 1.47. The molecule has 2 aliphatic carbocycles. The first-order valence-corrected chi connectivity index (χ1v) is 7.66. The third-order valence-corrected chi connectivity index (χ3v) is 5.00. The molecule has 0 spiro atoms. The predicted molar refractivity (Wildman–Crippen MR) is 77.6 cm³/mol. The molecule has 0 saturated heterocycles. The van der Waals surface area contributed by atoms with E-state index in [9.17, 15) is 4.79 Å². The Morgan fingerprint density at radius 2 is 1.90 bits per heavy atom. The molecular formula is C16H23N3O. The maximum absolute atomic E-state index is 12.3. The number of carbonyl (C=O) groups is 1. The van der Waals surface area contributed by atoms with Crippen LogP contribution in [0.3, 0.4) is 0 Å². The molecule has 0 aromatic carbocycles. The number of nitrogens with two attached hydrogens (primary N) is 1. The Labute approximate surface area is 120 Å². The van der Waals surface area contributed by atoms with Crippen LogP contribution in [-0.2, 0) is 11.3 Å². The molecule has 108 valence electrons. The first-order chi connectivity index (χ1) is 9.74. The zero-order valence-corrected chi connectivity index (χ0v) is 11.8. The number of hydrogen-bond acceptors (Lipinski definition) is 3. The maximum atomic E-state index is 12.3. The van der Waals surface area contributed by atoms with Crippen LogP contribution in [-0.4, -0.2) is 16.9 Å². The lowest BCUT2D eigenvalue weighted by molar-refractivity contribution is -0.128. The van der Waals surface area contributed by atoms with E-state index in [-0.39, 0.29) is 11.8 Å². The van der Waals surface area contributed by atoms with Gasteiger partial charge in [0.1, 0.15) is 0 Å². The van der Waals surface area contributed by atoms with E-state index in [0.717, 1.165) is 18.4 Å². The third kappa shape index (κ3) is 2.85. The first kappa shape index (κ1) is 13.6. The Bertz CT molecular complexity index is 448. The SMILES string of the molecule is NC1C2CCCC1CC(C(=O)NCc1ccncc1)C2. The Kier molecular flexibility index (Phi) is 4.01. The van der Waals surface area contributed by atoms with Gasteiger partial charge in [-0.2, -0.15) is 0 Å². The number of aromatic nitrogens is 1. The molecule has 2 atom stereocenters. The average molecular weight is 273 g/mol. The monoisotopic (exact) mass is 273 g/mol. The predicted octanol–water partition coefficient (Wildman–Crippen LogP) is 1.85. The molecule has 3 rings (SSSR count). The van der Waals surface area contributed by atoms with E-state index in [4.69, 9.17) is 5.73 Å². The van der Waals surface area contributed by atoms with Gasteiger partial charge in [0, 0.05) is 30.9 Å². The normalized spacial score (nSPS) is 32.6. The van der Waals surface area contributed by atoms with Crippen molar-refractivity contribution >= 4 is 5.91 Å². The minimum absolute atomic E-state index is 0.159. The second kappa shape index (κ2) is 5.92. The molecule has 2 saturated carbocycles. The summed E-state index contributed by atoms with van der Waals surface area (Å²) in [6.45, 7) is 0.596. The average Bonchev–Trinajstić information content (AvgIpc) is 2.45. The first-order valence-electron chi connectivity index (χ1n) is 7.66. The summed E-state index contributed by atoms with van der Waals surface area (Å²) in [7, 11) is 0. The summed E-state index contributed by atoms with van der Waals surface area (Å²) in [6, 6.07) is 4.20. The van der Waals surface area contributed by atoms with Crippen LogP contribution in [0.15, 0.2) is 24.5 Å². The fourth-order valence-electron chi connectivity index (χ4n) is 3.84. The molecule has 0 radical (unpaired) electrons. The fourth-order valence-corrected chi connectivity index (χ4v) is 3.84. The highest BCUT2D eigenvalue weighted by Gasteiger charge is 2.40. The van der Waals surface area contributed by atoms with E-state index < -0.39 is 0 Å². The summed E-state index contributed by atoms with van der Waals surface area (Å²) in [6.07, 6.45) is 9.14. The second-order valence-electron chi connectivity index (χ2n) is 6.27. The maximum Gasteiger partial charge on any atom is 0.223 e. The molecular weight excluding hydrogens is 250 g/mol. The minimum atomic E-state index is 0.159. The largest absolute Gasteiger partial charge is 0.352 e. The number of pyridine rings is 1. The van der Waals surface area contributed by atoms with E-state index >= 15 is 0 Å². The van der Waals surface area contributed by atoms with Gasteiger partial charge in [-0.3, -0.25) is 9.78 Å². The zero-order chi connectivity index (χ0) is 13.9. The van der Waals surface area contributed by atoms with Crippen molar-refractivity contribution in [1.82, 2.24) is 10.3 Å². The Hall–Kier alpha value is -1.42. The van der Waals surface area contributed by atoms with Crippen molar-refractivity contribution in [2.45, 2.75) is 44.7 Å². The van der Waals surface area contributed by atoms with Gasteiger partial charge >= 0.3 is 0 Å². The van der Waals surface area contributed by atoms with E-state index in [1.165, 1.54) is 19.3 Å². The number of carbonyl (C=O) groups excluding carboxylic acids is 1. The van der Waals surface area contributed by atoms with E-state index in [1.54, 1.807) is 12.4 Å². The van der Waals surface area contributed by atoms with Crippen LogP contribution >= 0.6 is 0 Å². The lowest BCUT2D eigenvalue weighted by Crippen LogP contribution is -2.49. The summed E-state index contributed by atoms with van der Waals surface area (Å²) in [5.41, 5.74) is 7.37. The van der Waals surface area contributed by atoms with Crippen molar-refractivity contribution in [3.05, 3.63) is 30.1 Å². The van der Waals surface area contributed by atoms with Crippen molar-refractivity contribution in [2.24, 2.45) is 23.5 Å². The molecule has 1 aromatic rings. The Balaban J connectivity index is 1.55. The molecule has 1 amide bonds. The van der Waals surface area contributed by atoms with Gasteiger partial charge in [-0.15, -0.1) is 0 Å². The van der Waals surface area contributed by atoms with Gasteiger partial charge in [0.2, 0.25) is 5.91 Å². The van der Waals surface area contributed by atoms with Gasteiger partial charge in [-0.1, -0.05) is 6.42 Å². The summed E-state index contributed by atoms with van der Waals surface area (Å²) < 4.78 is 0. The molecule has 20 heavy (non-hydrogen) atoms. The highest BCUT2D eigenvalue weighted by atomic mass is 16.1. The zero-order valence-electron chi connectivity index (χ0n) is 11.8. The summed E-state index contributed by atoms with van der Waals surface area (Å²) >= 11 is 0. The topological polar surface area (TPSA) is 68.0 Å². The molecule has 4 nitrogen and oxygen atoms in total. The Morgan fingerprint density at radius 3 is 2.55 bits per heavy atom. The van der Waals surface area contributed by atoms with E-state index in [2.05, 4.69) is 10.3 Å². The van der Waals surface area contributed by atoms with Crippen molar-refractivity contribution in [3.63, 3.8) is 0 Å². The molecule has 2 unspecified atom stereocenters. The van der Waals surface area contributed by atoms with E-state index in [0.29, 0.717) is 24.4 Å². The van der Waals surface area contributed by atoms with Crippen LogP contribution in [0.2, 0.25) is 0 Å². The Morgan fingerprint density at radius 1 is 1.25 bits per heavy atom. The standard InChI is InChI=1S/C16H23N3O/c17-15-12-2-1-3-13(15)9-14(8-12)16(20)19-10-11-4-6-18-7-5-11/h4-7,12-15H,1-3,8-10,17H2,(H,19,20). The van der Waals surface area contributed by atoms with Crippen LogP contribution in [0.25, 0.3) is 0 Å².